The number of amides is 1. The van der Waals surface area contributed by atoms with Gasteiger partial charge < -0.3 is 5.32 Å². The first-order valence-electron chi connectivity index (χ1n) is 5.74. The second-order valence-electron chi connectivity index (χ2n) is 4.00. The average Bonchev–Trinajstić information content (AvgIpc) is 2.42. The second-order valence-corrected chi connectivity index (χ2v) is 5.25. The van der Waals surface area contributed by atoms with Gasteiger partial charge >= 0.3 is 0 Å². The molecule has 0 radical (unpaired) electrons. The normalized spacial score (nSPS) is 10.8. The molecule has 2 nitrogen and oxygen atoms in total. The summed E-state index contributed by atoms with van der Waals surface area (Å²) in [6, 6.07) is 12.1. The first kappa shape index (κ1) is 14.9. The van der Waals surface area contributed by atoms with E-state index in [0.29, 0.717) is 20.8 Å². The van der Waals surface area contributed by atoms with E-state index in [1.807, 2.05) is 12.1 Å². The lowest BCUT2D eigenvalue weighted by Crippen LogP contribution is -2.07. The van der Waals surface area contributed by atoms with Crippen molar-refractivity contribution < 1.29 is 4.79 Å². The van der Waals surface area contributed by atoms with Crippen LogP contribution in [0.15, 0.2) is 48.5 Å². The highest BCUT2D eigenvalue weighted by Crippen LogP contribution is 2.25. The molecule has 0 saturated heterocycles. The summed E-state index contributed by atoms with van der Waals surface area (Å²) in [5.74, 6) is -0.252. The third-order valence-corrected chi connectivity index (χ3v) is 3.48. The maximum Gasteiger partial charge on any atom is 0.248 e. The molecule has 0 unspecified atom stereocenters. The molecule has 0 aliphatic carbocycles. The Morgan fingerprint density at radius 2 is 1.65 bits per heavy atom. The molecule has 0 bridgehead atoms. The molecule has 0 aromatic heterocycles. The average molecular weight is 327 g/mol. The Bertz CT molecular complexity index is 651. The van der Waals surface area contributed by atoms with Crippen LogP contribution in [0, 0.1) is 0 Å². The van der Waals surface area contributed by atoms with Gasteiger partial charge in [-0.05, 0) is 42.0 Å². The molecule has 1 N–H and O–H groups in total. The predicted octanol–water partition coefficient (Wildman–Crippen LogP) is 5.30. The van der Waals surface area contributed by atoms with Gasteiger partial charge in [0, 0.05) is 16.8 Å². The van der Waals surface area contributed by atoms with Crippen molar-refractivity contribution in [1.29, 1.82) is 0 Å². The van der Waals surface area contributed by atoms with Gasteiger partial charge in [-0.25, -0.2) is 0 Å². The highest BCUT2D eigenvalue weighted by molar-refractivity contribution is 6.42. The first-order chi connectivity index (χ1) is 9.54. The summed E-state index contributed by atoms with van der Waals surface area (Å²) in [7, 11) is 0. The zero-order valence-electron chi connectivity index (χ0n) is 10.2. The van der Waals surface area contributed by atoms with Gasteiger partial charge in [0.15, 0.2) is 0 Å². The number of benzene rings is 2. The Hall–Kier alpha value is -1.48. The van der Waals surface area contributed by atoms with Gasteiger partial charge in [0.25, 0.3) is 0 Å². The number of hydrogen-bond acceptors (Lipinski definition) is 1. The van der Waals surface area contributed by atoms with Crippen LogP contribution in [0.3, 0.4) is 0 Å². The molecular weight excluding hydrogens is 317 g/mol. The maximum atomic E-state index is 11.7. The van der Waals surface area contributed by atoms with E-state index in [-0.39, 0.29) is 5.91 Å². The fourth-order valence-electron chi connectivity index (χ4n) is 1.50. The van der Waals surface area contributed by atoms with Gasteiger partial charge in [-0.15, -0.1) is 0 Å². The minimum absolute atomic E-state index is 0.252. The highest BCUT2D eigenvalue weighted by Gasteiger charge is 2.01. The summed E-state index contributed by atoms with van der Waals surface area (Å²) in [5, 5.41) is 4.19. The van der Waals surface area contributed by atoms with Gasteiger partial charge in [-0.2, -0.15) is 0 Å². The van der Waals surface area contributed by atoms with E-state index in [2.05, 4.69) is 5.32 Å². The van der Waals surface area contributed by atoms with E-state index in [9.17, 15) is 4.79 Å². The van der Waals surface area contributed by atoms with E-state index in [0.717, 1.165) is 5.56 Å². The number of carbonyl (C=O) groups is 1. The number of nitrogens with one attached hydrogen (secondary N) is 1. The van der Waals surface area contributed by atoms with Crippen molar-refractivity contribution in [2.24, 2.45) is 0 Å². The summed E-state index contributed by atoms with van der Waals surface area (Å²) in [4.78, 5) is 11.7. The van der Waals surface area contributed by atoms with Crippen LogP contribution in [-0.4, -0.2) is 5.91 Å². The van der Waals surface area contributed by atoms with E-state index < -0.39 is 0 Å². The van der Waals surface area contributed by atoms with Crippen molar-refractivity contribution in [1.82, 2.24) is 0 Å². The molecule has 2 aromatic carbocycles. The van der Waals surface area contributed by atoms with Crippen molar-refractivity contribution in [2.45, 2.75) is 0 Å². The van der Waals surface area contributed by atoms with Crippen molar-refractivity contribution in [3.8, 4) is 0 Å². The molecule has 1 amide bonds. The molecule has 0 spiro atoms. The van der Waals surface area contributed by atoms with Crippen LogP contribution in [-0.2, 0) is 4.79 Å². The molecule has 0 saturated carbocycles. The summed E-state index contributed by atoms with van der Waals surface area (Å²) in [6.45, 7) is 0. The lowest BCUT2D eigenvalue weighted by molar-refractivity contribution is -0.111. The zero-order valence-corrected chi connectivity index (χ0v) is 12.5. The minimum Gasteiger partial charge on any atom is -0.322 e. The van der Waals surface area contributed by atoms with Crippen LogP contribution in [0.2, 0.25) is 15.1 Å². The maximum absolute atomic E-state index is 11.7. The predicted molar refractivity (Wildman–Crippen MR) is 85.6 cm³/mol. The Morgan fingerprint density at radius 1 is 0.950 bits per heavy atom. The van der Waals surface area contributed by atoms with Crippen molar-refractivity contribution in [2.75, 3.05) is 5.32 Å². The monoisotopic (exact) mass is 325 g/mol. The molecule has 0 aliphatic rings. The SMILES string of the molecule is O=C(/C=C/c1ccc(Cl)cc1)Nc1ccc(Cl)c(Cl)c1. The third-order valence-electron chi connectivity index (χ3n) is 2.48. The topological polar surface area (TPSA) is 29.1 Å². The first-order valence-corrected chi connectivity index (χ1v) is 6.88. The quantitative estimate of drug-likeness (QED) is 0.762. The molecule has 5 heteroatoms. The lowest BCUT2D eigenvalue weighted by Gasteiger charge is -2.03. The van der Waals surface area contributed by atoms with Gasteiger partial charge in [0.2, 0.25) is 5.91 Å². The van der Waals surface area contributed by atoms with Gasteiger partial charge in [-0.3, -0.25) is 4.79 Å². The van der Waals surface area contributed by atoms with Crippen LogP contribution < -0.4 is 5.32 Å². The van der Waals surface area contributed by atoms with Gasteiger partial charge in [-0.1, -0.05) is 46.9 Å². The van der Waals surface area contributed by atoms with Gasteiger partial charge in [0.1, 0.15) is 0 Å². The highest BCUT2D eigenvalue weighted by atomic mass is 35.5. The Balaban J connectivity index is 2.01. The number of rotatable bonds is 3. The molecule has 2 aromatic rings. The van der Waals surface area contributed by atoms with E-state index in [1.54, 1.807) is 36.4 Å². The van der Waals surface area contributed by atoms with E-state index in [1.165, 1.54) is 6.08 Å². The standard InChI is InChI=1S/C15H10Cl3NO/c16-11-4-1-10(2-5-11)3-8-15(20)19-12-6-7-13(17)14(18)9-12/h1-9H,(H,19,20)/b8-3+. The summed E-state index contributed by atoms with van der Waals surface area (Å²) >= 11 is 17.5. The van der Waals surface area contributed by atoms with Crippen molar-refractivity contribution in [3.63, 3.8) is 0 Å². The molecule has 0 aliphatic heterocycles. The Kier molecular flexibility index (Phi) is 5.07. The largest absolute Gasteiger partial charge is 0.322 e. The smallest absolute Gasteiger partial charge is 0.248 e. The van der Waals surface area contributed by atoms with Crippen LogP contribution in [0.25, 0.3) is 6.08 Å². The molecule has 2 rings (SSSR count). The fourth-order valence-corrected chi connectivity index (χ4v) is 1.93. The van der Waals surface area contributed by atoms with Crippen LogP contribution in [0.1, 0.15) is 5.56 Å². The molecular formula is C15H10Cl3NO. The Morgan fingerprint density at radius 3 is 2.30 bits per heavy atom. The minimum atomic E-state index is -0.252. The zero-order chi connectivity index (χ0) is 14.5. The van der Waals surface area contributed by atoms with Crippen molar-refractivity contribution >= 4 is 52.5 Å². The molecule has 0 fully saturated rings. The molecule has 0 atom stereocenters. The molecule has 0 heterocycles. The fraction of sp³-hybridized carbons (Fsp3) is 0. The number of anilines is 1. The number of hydrogen-bond donors (Lipinski definition) is 1. The van der Waals surface area contributed by atoms with Crippen LogP contribution >= 0.6 is 34.8 Å². The third kappa shape index (κ3) is 4.27. The molecule has 102 valence electrons. The summed E-state index contributed by atoms with van der Waals surface area (Å²) < 4.78 is 0. The van der Waals surface area contributed by atoms with Crippen LogP contribution in [0.4, 0.5) is 5.69 Å². The van der Waals surface area contributed by atoms with Crippen LogP contribution in [0.5, 0.6) is 0 Å². The van der Waals surface area contributed by atoms with E-state index >= 15 is 0 Å². The van der Waals surface area contributed by atoms with Gasteiger partial charge in [0.05, 0.1) is 10.0 Å². The van der Waals surface area contributed by atoms with Crippen molar-refractivity contribution in [3.05, 3.63) is 69.2 Å². The lowest BCUT2D eigenvalue weighted by atomic mass is 10.2. The summed E-state index contributed by atoms with van der Waals surface area (Å²) in [6.07, 6.45) is 3.13. The number of carbonyl (C=O) groups excluding carboxylic acids is 1. The van der Waals surface area contributed by atoms with E-state index in [4.69, 9.17) is 34.8 Å². The second kappa shape index (κ2) is 6.80. The summed E-state index contributed by atoms with van der Waals surface area (Å²) in [5.41, 5.74) is 1.48. The number of halogens is 3. The Labute approximate surface area is 132 Å². The molecule has 20 heavy (non-hydrogen) atoms.